The Morgan fingerprint density at radius 3 is 2.82 bits per heavy atom. The van der Waals surface area contributed by atoms with Gasteiger partial charge in [0.15, 0.2) is 0 Å². The minimum Gasteiger partial charge on any atom is -0.497 e. The molecule has 0 saturated carbocycles. The summed E-state index contributed by atoms with van der Waals surface area (Å²) in [6, 6.07) is 7.67. The number of hydrogen-bond acceptors (Lipinski definition) is 4. The Hall–Kier alpha value is -2.01. The van der Waals surface area contributed by atoms with Crippen molar-refractivity contribution in [1.82, 2.24) is 4.90 Å². The molecule has 1 atom stereocenters. The van der Waals surface area contributed by atoms with Gasteiger partial charge in [-0.2, -0.15) is 11.3 Å². The van der Waals surface area contributed by atoms with Crippen molar-refractivity contribution in [3.8, 4) is 11.5 Å². The van der Waals surface area contributed by atoms with Crippen LogP contribution in [0.5, 0.6) is 11.5 Å². The van der Waals surface area contributed by atoms with Gasteiger partial charge in [-0.25, -0.2) is 0 Å². The van der Waals surface area contributed by atoms with Crippen molar-refractivity contribution in [2.45, 2.75) is 18.9 Å². The van der Waals surface area contributed by atoms with Gasteiger partial charge in [-0.15, -0.1) is 0 Å². The van der Waals surface area contributed by atoms with Crippen LogP contribution < -0.4 is 9.47 Å². The second kappa shape index (κ2) is 6.40. The summed E-state index contributed by atoms with van der Waals surface area (Å²) < 4.78 is 10.8. The predicted octanol–water partition coefficient (Wildman–Crippen LogP) is 3.74. The molecule has 1 aromatic heterocycles. The van der Waals surface area contributed by atoms with E-state index in [0.29, 0.717) is 0 Å². The molecule has 5 heteroatoms. The third-order valence-electron chi connectivity index (χ3n) is 4.08. The molecule has 0 aliphatic carbocycles. The number of rotatable bonds is 4. The Balaban J connectivity index is 1.94. The molecule has 0 spiro atoms. The van der Waals surface area contributed by atoms with Gasteiger partial charge in [0.1, 0.15) is 11.5 Å². The molecule has 0 bridgehead atoms. The second-order valence-corrected chi connectivity index (χ2v) is 6.06. The summed E-state index contributed by atoms with van der Waals surface area (Å²) in [5.41, 5.74) is 1.78. The molecule has 0 N–H and O–H groups in total. The molecule has 2 heterocycles. The molecule has 3 rings (SSSR count). The van der Waals surface area contributed by atoms with Gasteiger partial charge in [-0.1, -0.05) is 0 Å². The summed E-state index contributed by atoms with van der Waals surface area (Å²) in [6.07, 6.45) is 1.94. The molecule has 1 fully saturated rings. The number of hydrogen-bond donors (Lipinski definition) is 0. The summed E-state index contributed by atoms with van der Waals surface area (Å²) >= 11 is 1.55. The molecule has 1 unspecified atom stereocenters. The molecular weight excluding hydrogens is 298 g/mol. The number of methoxy groups -OCH3 is 2. The van der Waals surface area contributed by atoms with Crippen LogP contribution in [0.4, 0.5) is 0 Å². The second-order valence-electron chi connectivity index (χ2n) is 5.28. The molecule has 0 radical (unpaired) electrons. The lowest BCUT2D eigenvalue weighted by Crippen LogP contribution is -2.30. The van der Waals surface area contributed by atoms with E-state index >= 15 is 0 Å². The Bertz CT molecular complexity index is 654. The van der Waals surface area contributed by atoms with Crippen molar-refractivity contribution in [1.29, 1.82) is 0 Å². The first-order chi connectivity index (χ1) is 10.7. The predicted molar refractivity (Wildman–Crippen MR) is 86.9 cm³/mol. The van der Waals surface area contributed by atoms with Gasteiger partial charge in [0.05, 0.1) is 25.8 Å². The monoisotopic (exact) mass is 317 g/mol. The van der Waals surface area contributed by atoms with Crippen LogP contribution in [0.3, 0.4) is 0 Å². The molecule has 1 aliphatic rings. The average molecular weight is 317 g/mol. The van der Waals surface area contributed by atoms with Crippen LogP contribution in [0.2, 0.25) is 0 Å². The van der Waals surface area contributed by atoms with Gasteiger partial charge in [0.25, 0.3) is 5.91 Å². The Labute approximate surface area is 134 Å². The van der Waals surface area contributed by atoms with E-state index in [1.807, 2.05) is 39.9 Å². The van der Waals surface area contributed by atoms with E-state index in [-0.39, 0.29) is 11.9 Å². The van der Waals surface area contributed by atoms with Crippen molar-refractivity contribution in [3.63, 3.8) is 0 Å². The first kappa shape index (κ1) is 14.9. The topological polar surface area (TPSA) is 38.8 Å². The van der Waals surface area contributed by atoms with Gasteiger partial charge in [-0.05, 0) is 42.5 Å². The highest BCUT2D eigenvalue weighted by molar-refractivity contribution is 7.08. The van der Waals surface area contributed by atoms with Crippen molar-refractivity contribution >= 4 is 17.2 Å². The first-order valence-corrected chi connectivity index (χ1v) is 8.24. The van der Waals surface area contributed by atoms with Crippen LogP contribution in [0.1, 0.15) is 34.8 Å². The third kappa shape index (κ3) is 2.68. The van der Waals surface area contributed by atoms with Crippen LogP contribution in [0, 0.1) is 0 Å². The molecule has 2 aromatic rings. The summed E-state index contributed by atoms with van der Waals surface area (Å²) in [7, 11) is 3.31. The third-order valence-corrected chi connectivity index (χ3v) is 4.76. The molecule has 1 aromatic carbocycles. The zero-order valence-corrected chi connectivity index (χ0v) is 13.6. The number of carbonyl (C=O) groups is 1. The molecule has 1 aliphatic heterocycles. The lowest BCUT2D eigenvalue weighted by Gasteiger charge is -2.26. The van der Waals surface area contributed by atoms with E-state index in [2.05, 4.69) is 0 Å². The number of likely N-dealkylation sites (tertiary alicyclic amines) is 1. The minimum atomic E-state index is 0.0393. The number of nitrogens with zero attached hydrogens (tertiary/aromatic N) is 1. The quantitative estimate of drug-likeness (QED) is 0.862. The number of thiophene rings is 1. The Kier molecular flexibility index (Phi) is 4.34. The molecule has 116 valence electrons. The fourth-order valence-electron chi connectivity index (χ4n) is 2.98. The van der Waals surface area contributed by atoms with Crippen LogP contribution >= 0.6 is 11.3 Å². The van der Waals surface area contributed by atoms with Gasteiger partial charge in [0, 0.05) is 17.5 Å². The first-order valence-electron chi connectivity index (χ1n) is 7.29. The summed E-state index contributed by atoms with van der Waals surface area (Å²) in [5, 5.41) is 3.84. The molecule has 1 saturated heterocycles. The molecular formula is C17H19NO3S. The smallest absolute Gasteiger partial charge is 0.255 e. The summed E-state index contributed by atoms with van der Waals surface area (Å²) in [4.78, 5) is 14.7. The lowest BCUT2D eigenvalue weighted by atomic mass is 10.0. The standard InChI is InChI=1S/C17H19NO3S/c1-20-13-5-6-16(21-2)14(10-13)15-4-3-8-18(15)17(19)12-7-9-22-11-12/h5-7,9-11,15H,3-4,8H2,1-2H3. The van der Waals surface area contributed by atoms with Gasteiger partial charge < -0.3 is 14.4 Å². The lowest BCUT2D eigenvalue weighted by molar-refractivity contribution is 0.0734. The SMILES string of the molecule is COc1ccc(OC)c(C2CCCN2C(=O)c2ccsc2)c1. The van der Waals surface area contributed by atoms with Gasteiger partial charge >= 0.3 is 0 Å². The Morgan fingerprint density at radius 2 is 2.14 bits per heavy atom. The fraction of sp³-hybridized carbons (Fsp3) is 0.353. The van der Waals surface area contributed by atoms with E-state index < -0.39 is 0 Å². The average Bonchev–Trinajstić information content (AvgIpc) is 3.24. The normalized spacial score (nSPS) is 17.5. The zero-order valence-electron chi connectivity index (χ0n) is 12.7. The number of amides is 1. The highest BCUT2D eigenvalue weighted by atomic mass is 32.1. The highest BCUT2D eigenvalue weighted by Gasteiger charge is 2.32. The van der Waals surface area contributed by atoms with Gasteiger partial charge in [-0.3, -0.25) is 4.79 Å². The van der Waals surface area contributed by atoms with E-state index in [4.69, 9.17) is 9.47 Å². The van der Waals surface area contributed by atoms with Crippen molar-refractivity contribution in [3.05, 3.63) is 46.2 Å². The Morgan fingerprint density at radius 1 is 1.27 bits per heavy atom. The highest BCUT2D eigenvalue weighted by Crippen LogP contribution is 2.39. The van der Waals surface area contributed by atoms with Gasteiger partial charge in [0.2, 0.25) is 0 Å². The molecule has 1 amide bonds. The maximum atomic E-state index is 12.7. The number of ether oxygens (including phenoxy) is 2. The van der Waals surface area contributed by atoms with Crippen LogP contribution in [-0.4, -0.2) is 31.6 Å². The number of benzene rings is 1. The van der Waals surface area contributed by atoms with E-state index in [1.165, 1.54) is 0 Å². The van der Waals surface area contributed by atoms with Crippen LogP contribution in [0.15, 0.2) is 35.0 Å². The van der Waals surface area contributed by atoms with Crippen molar-refractivity contribution in [2.24, 2.45) is 0 Å². The number of carbonyl (C=O) groups excluding carboxylic acids is 1. The summed E-state index contributed by atoms with van der Waals surface area (Å²) in [6.45, 7) is 0.777. The maximum Gasteiger partial charge on any atom is 0.255 e. The van der Waals surface area contributed by atoms with E-state index in [9.17, 15) is 4.79 Å². The van der Waals surface area contributed by atoms with E-state index in [1.54, 1.807) is 25.6 Å². The summed E-state index contributed by atoms with van der Waals surface area (Å²) in [5.74, 6) is 1.68. The van der Waals surface area contributed by atoms with Crippen molar-refractivity contribution in [2.75, 3.05) is 20.8 Å². The van der Waals surface area contributed by atoms with Crippen molar-refractivity contribution < 1.29 is 14.3 Å². The van der Waals surface area contributed by atoms with Crippen LogP contribution in [-0.2, 0) is 0 Å². The van der Waals surface area contributed by atoms with Crippen LogP contribution in [0.25, 0.3) is 0 Å². The van der Waals surface area contributed by atoms with E-state index in [0.717, 1.165) is 42.0 Å². The zero-order chi connectivity index (χ0) is 15.5. The largest absolute Gasteiger partial charge is 0.497 e. The maximum absolute atomic E-state index is 12.7. The minimum absolute atomic E-state index is 0.0393. The molecule has 4 nitrogen and oxygen atoms in total. The fourth-order valence-corrected chi connectivity index (χ4v) is 3.61. The molecule has 22 heavy (non-hydrogen) atoms.